The molecule has 0 saturated carbocycles. The minimum atomic E-state index is -0.696. The summed E-state index contributed by atoms with van der Waals surface area (Å²) in [5.41, 5.74) is 0. The second-order valence-electron chi connectivity index (χ2n) is 4.60. The third-order valence-electron chi connectivity index (χ3n) is 2.62. The predicted octanol–water partition coefficient (Wildman–Crippen LogP) is 5.22. The minimum Gasteiger partial charge on any atom is -0.481 e. The molecule has 0 spiro atoms. The molecule has 0 aromatic carbocycles. The largest absolute Gasteiger partial charge is 0.481 e. The van der Waals surface area contributed by atoms with E-state index in [1.54, 1.807) is 0 Å². The third-order valence-corrected chi connectivity index (χ3v) is 3.74. The van der Waals surface area contributed by atoms with Crippen molar-refractivity contribution in [3.8, 4) is 0 Å². The number of rotatable bonds is 13. The summed E-state index contributed by atoms with van der Waals surface area (Å²) in [6.45, 7) is 2.21. The normalized spacial score (nSPS) is 12.1. The van der Waals surface area contributed by atoms with Crippen molar-refractivity contribution in [2.75, 3.05) is 11.5 Å². The van der Waals surface area contributed by atoms with E-state index in [9.17, 15) is 4.79 Å². The van der Waals surface area contributed by atoms with Gasteiger partial charge in [0.25, 0.3) is 0 Å². The molecule has 0 aliphatic rings. The third kappa shape index (κ3) is 17.0. The lowest BCUT2D eigenvalue weighted by Gasteiger charge is -1.92. The molecule has 0 unspecified atom stereocenters. The van der Waals surface area contributed by atoms with E-state index in [0.717, 1.165) is 37.9 Å². The van der Waals surface area contributed by atoms with E-state index >= 15 is 0 Å². The monoisotopic (exact) mass is 296 g/mol. The second kappa shape index (κ2) is 16.1. The highest BCUT2D eigenvalue weighted by molar-refractivity contribution is 7.99. The molecule has 2 nitrogen and oxygen atoms in total. The van der Waals surface area contributed by atoms with Crippen molar-refractivity contribution in [2.24, 2.45) is 0 Å². The lowest BCUT2D eigenvalue weighted by Crippen LogP contribution is -1.92. The summed E-state index contributed by atoms with van der Waals surface area (Å²) in [5, 5.41) is 8.48. The number of carbonyl (C=O) groups is 1. The maximum absolute atomic E-state index is 10.3. The van der Waals surface area contributed by atoms with Crippen molar-refractivity contribution in [3.05, 3.63) is 36.5 Å². The van der Waals surface area contributed by atoms with Gasteiger partial charge in [-0.25, -0.2) is 0 Å². The van der Waals surface area contributed by atoms with Crippen LogP contribution < -0.4 is 0 Å². The smallest absolute Gasteiger partial charge is 0.303 e. The molecule has 1 N–H and O–H groups in total. The summed E-state index contributed by atoms with van der Waals surface area (Å²) in [4.78, 5) is 10.3. The molecule has 0 atom stereocenters. The van der Waals surface area contributed by atoms with Crippen molar-refractivity contribution in [1.29, 1.82) is 0 Å². The summed E-state index contributed by atoms with van der Waals surface area (Å²) >= 11 is 1.98. The van der Waals surface area contributed by atoms with E-state index in [1.165, 1.54) is 12.2 Å². The van der Waals surface area contributed by atoms with Crippen molar-refractivity contribution < 1.29 is 9.90 Å². The summed E-state index contributed by atoms with van der Waals surface area (Å²) in [6, 6.07) is 0. The van der Waals surface area contributed by atoms with Crippen molar-refractivity contribution in [3.63, 3.8) is 0 Å². The van der Waals surface area contributed by atoms with Gasteiger partial charge in [0.1, 0.15) is 0 Å². The fourth-order valence-electron chi connectivity index (χ4n) is 1.56. The molecule has 0 aromatic rings. The highest BCUT2D eigenvalue weighted by atomic mass is 32.2. The summed E-state index contributed by atoms with van der Waals surface area (Å²) in [5.74, 6) is 1.67. The van der Waals surface area contributed by atoms with Crippen LogP contribution in [0.3, 0.4) is 0 Å². The van der Waals surface area contributed by atoms with Crippen LogP contribution in [-0.2, 0) is 4.79 Å². The van der Waals surface area contributed by atoms with E-state index in [1.807, 2.05) is 11.8 Å². The van der Waals surface area contributed by atoms with Gasteiger partial charge < -0.3 is 5.11 Å². The van der Waals surface area contributed by atoms with Gasteiger partial charge in [0.15, 0.2) is 0 Å². The summed E-state index contributed by atoms with van der Waals surface area (Å²) in [6.07, 6.45) is 19.4. The standard InChI is InChI=1S/C17H28O2S/c1-2-15-20-16-13-11-9-7-5-3-4-6-8-10-12-14-17(18)19/h4-7,11,13H,2-3,8-10,12,14-16H2,1H3,(H,18,19). The molecule has 0 aliphatic heterocycles. The zero-order valence-corrected chi connectivity index (χ0v) is 13.4. The van der Waals surface area contributed by atoms with Gasteiger partial charge in [-0.05, 0) is 44.3 Å². The van der Waals surface area contributed by atoms with Crippen LogP contribution in [0.25, 0.3) is 0 Å². The van der Waals surface area contributed by atoms with Crippen LogP contribution in [0.2, 0.25) is 0 Å². The lowest BCUT2D eigenvalue weighted by atomic mass is 10.2. The predicted molar refractivity (Wildman–Crippen MR) is 90.4 cm³/mol. The first-order valence-electron chi connectivity index (χ1n) is 7.52. The van der Waals surface area contributed by atoms with Gasteiger partial charge >= 0.3 is 5.97 Å². The molecule has 0 radical (unpaired) electrons. The van der Waals surface area contributed by atoms with Gasteiger partial charge in [-0.1, -0.05) is 43.4 Å². The highest BCUT2D eigenvalue weighted by Gasteiger charge is 1.93. The first-order valence-corrected chi connectivity index (χ1v) is 8.67. The van der Waals surface area contributed by atoms with Crippen molar-refractivity contribution in [1.82, 2.24) is 0 Å². The molecule has 0 rings (SSSR count). The number of carboxylic acids is 1. The van der Waals surface area contributed by atoms with Crippen molar-refractivity contribution in [2.45, 2.75) is 51.9 Å². The molecule has 0 amide bonds. The van der Waals surface area contributed by atoms with E-state index in [2.05, 4.69) is 43.4 Å². The van der Waals surface area contributed by atoms with E-state index in [0.29, 0.717) is 0 Å². The van der Waals surface area contributed by atoms with Gasteiger partial charge in [0.2, 0.25) is 0 Å². The van der Waals surface area contributed by atoms with Crippen LogP contribution in [0.4, 0.5) is 0 Å². The number of unbranched alkanes of at least 4 members (excludes halogenated alkanes) is 2. The van der Waals surface area contributed by atoms with Crippen LogP contribution in [0.5, 0.6) is 0 Å². The van der Waals surface area contributed by atoms with Crippen LogP contribution in [0.15, 0.2) is 36.5 Å². The Labute approximate surface area is 128 Å². The van der Waals surface area contributed by atoms with Gasteiger partial charge in [0.05, 0.1) is 0 Å². The van der Waals surface area contributed by atoms with Gasteiger partial charge in [0, 0.05) is 12.2 Å². The molecule has 0 fully saturated rings. The van der Waals surface area contributed by atoms with Crippen LogP contribution >= 0.6 is 11.8 Å². The molecule has 0 aromatic heterocycles. The summed E-state index contributed by atoms with van der Waals surface area (Å²) < 4.78 is 0. The van der Waals surface area contributed by atoms with Crippen LogP contribution in [-0.4, -0.2) is 22.6 Å². The molecule has 0 heterocycles. The fourth-order valence-corrected chi connectivity index (χ4v) is 2.29. The van der Waals surface area contributed by atoms with Crippen molar-refractivity contribution >= 4 is 17.7 Å². The Morgan fingerprint density at radius 2 is 1.65 bits per heavy atom. The Hall–Kier alpha value is -0.960. The second-order valence-corrected chi connectivity index (χ2v) is 5.75. The number of hydrogen-bond acceptors (Lipinski definition) is 2. The molecule has 3 heteroatoms. The fraction of sp³-hybridized carbons (Fsp3) is 0.588. The van der Waals surface area contributed by atoms with Gasteiger partial charge in [-0.15, -0.1) is 0 Å². The average Bonchev–Trinajstić information content (AvgIpc) is 2.43. The Morgan fingerprint density at radius 1 is 1.00 bits per heavy atom. The SMILES string of the molecule is CCCSCC=CCC=CCC=CCCCCC(=O)O. The molecule has 0 bridgehead atoms. The zero-order chi connectivity index (χ0) is 14.9. The Balaban J connectivity index is 3.32. The number of thioether (sulfide) groups is 1. The first kappa shape index (κ1) is 19.0. The number of hydrogen-bond donors (Lipinski definition) is 1. The molecular formula is C17H28O2S. The van der Waals surface area contributed by atoms with E-state index in [-0.39, 0.29) is 6.42 Å². The number of carboxylic acid groups (broad SMARTS) is 1. The molecular weight excluding hydrogens is 268 g/mol. The van der Waals surface area contributed by atoms with E-state index in [4.69, 9.17) is 5.11 Å². The summed E-state index contributed by atoms with van der Waals surface area (Å²) in [7, 11) is 0. The Morgan fingerprint density at radius 3 is 2.30 bits per heavy atom. The maximum atomic E-state index is 10.3. The maximum Gasteiger partial charge on any atom is 0.303 e. The Bertz CT molecular complexity index is 306. The molecule has 0 saturated heterocycles. The van der Waals surface area contributed by atoms with Crippen LogP contribution in [0, 0.1) is 0 Å². The number of aliphatic carboxylic acids is 1. The lowest BCUT2D eigenvalue weighted by molar-refractivity contribution is -0.137. The highest BCUT2D eigenvalue weighted by Crippen LogP contribution is 2.03. The van der Waals surface area contributed by atoms with Crippen LogP contribution in [0.1, 0.15) is 51.9 Å². The molecule has 0 aliphatic carbocycles. The zero-order valence-electron chi connectivity index (χ0n) is 12.6. The molecule has 114 valence electrons. The first-order chi connectivity index (χ1) is 9.77. The molecule has 20 heavy (non-hydrogen) atoms. The Kier molecular flexibility index (Phi) is 15.3. The topological polar surface area (TPSA) is 37.3 Å². The minimum absolute atomic E-state index is 0.288. The van der Waals surface area contributed by atoms with Gasteiger partial charge in [-0.2, -0.15) is 11.8 Å². The average molecular weight is 296 g/mol. The van der Waals surface area contributed by atoms with E-state index < -0.39 is 5.97 Å². The van der Waals surface area contributed by atoms with Gasteiger partial charge in [-0.3, -0.25) is 4.79 Å². The quantitative estimate of drug-likeness (QED) is 0.374. The number of allylic oxidation sites excluding steroid dienone is 5.